The topological polar surface area (TPSA) is 9.23 Å². The maximum absolute atomic E-state index is 15.1. The number of halogens is 3. The molecule has 4 heteroatoms. The number of benzene rings is 4. The normalized spacial score (nSPS) is 11.2. The average molecular weight is 463 g/mol. The number of rotatable bonds is 10. The molecule has 0 atom stereocenters. The van der Waals surface area contributed by atoms with Crippen LogP contribution in [-0.4, -0.2) is 6.61 Å². The zero-order valence-corrected chi connectivity index (χ0v) is 19.4. The van der Waals surface area contributed by atoms with Gasteiger partial charge in [-0.05, 0) is 84.0 Å². The van der Waals surface area contributed by atoms with Crippen LogP contribution in [-0.2, 0) is 25.7 Å². The summed E-state index contributed by atoms with van der Waals surface area (Å²) in [6, 6.07) is 21.6. The fourth-order valence-corrected chi connectivity index (χ4v) is 4.08. The second kappa shape index (κ2) is 11.2. The lowest BCUT2D eigenvalue weighted by molar-refractivity contribution is 0.309. The Morgan fingerprint density at radius 1 is 0.647 bits per heavy atom. The SMILES string of the molecule is CCCCOc1ccc(CCc2ccc3c(F)c(CCc4ccc(F)c(F)c4)ccc3c2)cc1. The van der Waals surface area contributed by atoms with E-state index in [1.165, 1.54) is 17.7 Å². The van der Waals surface area contributed by atoms with Crippen molar-refractivity contribution in [1.29, 1.82) is 0 Å². The van der Waals surface area contributed by atoms with Crippen LogP contribution in [0.3, 0.4) is 0 Å². The first-order valence-corrected chi connectivity index (χ1v) is 11.9. The highest BCUT2D eigenvalue weighted by Gasteiger charge is 2.10. The Morgan fingerprint density at radius 3 is 2.09 bits per heavy atom. The maximum atomic E-state index is 15.1. The van der Waals surface area contributed by atoms with E-state index in [1.54, 1.807) is 6.07 Å². The summed E-state index contributed by atoms with van der Waals surface area (Å²) in [4.78, 5) is 0. The molecule has 0 fully saturated rings. The van der Waals surface area contributed by atoms with Crippen molar-refractivity contribution in [1.82, 2.24) is 0 Å². The predicted molar refractivity (Wildman–Crippen MR) is 132 cm³/mol. The number of fused-ring (bicyclic) bond motifs is 1. The Balaban J connectivity index is 1.38. The van der Waals surface area contributed by atoms with E-state index in [2.05, 4.69) is 19.1 Å². The molecule has 0 unspecified atom stereocenters. The predicted octanol–water partition coefficient (Wildman–Crippen LogP) is 8.01. The Hall–Kier alpha value is -3.27. The Bertz CT molecular complexity index is 1250. The van der Waals surface area contributed by atoms with Gasteiger partial charge >= 0.3 is 0 Å². The summed E-state index contributed by atoms with van der Waals surface area (Å²) in [5.41, 5.74) is 3.62. The smallest absolute Gasteiger partial charge is 0.159 e. The van der Waals surface area contributed by atoms with Crippen LogP contribution < -0.4 is 4.74 Å². The maximum Gasteiger partial charge on any atom is 0.159 e. The molecule has 0 aliphatic rings. The Labute approximate surface area is 199 Å². The summed E-state index contributed by atoms with van der Waals surface area (Å²) in [5, 5.41) is 1.45. The summed E-state index contributed by atoms with van der Waals surface area (Å²) in [6.07, 6.45) is 4.81. The van der Waals surface area contributed by atoms with Crippen LogP contribution in [0.2, 0.25) is 0 Å². The molecule has 0 aliphatic carbocycles. The van der Waals surface area contributed by atoms with Gasteiger partial charge < -0.3 is 4.74 Å². The molecule has 0 heterocycles. The van der Waals surface area contributed by atoms with E-state index in [0.29, 0.717) is 29.4 Å². The summed E-state index contributed by atoms with van der Waals surface area (Å²) < 4.78 is 47.4. The molecule has 0 aliphatic heterocycles. The van der Waals surface area contributed by atoms with Gasteiger partial charge in [-0.15, -0.1) is 0 Å². The van der Waals surface area contributed by atoms with Gasteiger partial charge in [-0.25, -0.2) is 13.2 Å². The molecule has 34 heavy (non-hydrogen) atoms. The quantitative estimate of drug-likeness (QED) is 0.217. The molecule has 0 amide bonds. The summed E-state index contributed by atoms with van der Waals surface area (Å²) in [5.74, 6) is -1.09. The highest BCUT2D eigenvalue weighted by molar-refractivity contribution is 5.84. The van der Waals surface area contributed by atoms with Crippen LogP contribution in [0.4, 0.5) is 13.2 Å². The zero-order chi connectivity index (χ0) is 23.9. The largest absolute Gasteiger partial charge is 0.494 e. The van der Waals surface area contributed by atoms with Crippen molar-refractivity contribution in [3.8, 4) is 5.75 Å². The second-order valence-electron chi connectivity index (χ2n) is 8.69. The lowest BCUT2D eigenvalue weighted by Gasteiger charge is -2.10. The summed E-state index contributed by atoms with van der Waals surface area (Å²) in [6.45, 7) is 2.89. The number of ether oxygens (including phenoxy) is 1. The first-order valence-electron chi connectivity index (χ1n) is 11.9. The van der Waals surface area contributed by atoms with Crippen molar-refractivity contribution >= 4 is 10.8 Å². The van der Waals surface area contributed by atoms with E-state index in [0.717, 1.165) is 55.1 Å². The van der Waals surface area contributed by atoms with Crippen LogP contribution in [0.25, 0.3) is 10.8 Å². The van der Waals surface area contributed by atoms with E-state index >= 15 is 4.39 Å². The van der Waals surface area contributed by atoms with E-state index in [-0.39, 0.29) is 5.82 Å². The Kier molecular flexibility index (Phi) is 7.89. The first kappa shape index (κ1) is 23.9. The average Bonchev–Trinajstić information content (AvgIpc) is 2.85. The molecule has 0 spiro atoms. The molecule has 0 saturated carbocycles. The van der Waals surface area contributed by atoms with Gasteiger partial charge in [-0.2, -0.15) is 0 Å². The lowest BCUT2D eigenvalue weighted by atomic mass is 9.97. The van der Waals surface area contributed by atoms with E-state index < -0.39 is 11.6 Å². The molecular formula is C30H29F3O. The Morgan fingerprint density at radius 2 is 1.32 bits per heavy atom. The van der Waals surface area contributed by atoms with Gasteiger partial charge in [0.15, 0.2) is 11.6 Å². The monoisotopic (exact) mass is 462 g/mol. The van der Waals surface area contributed by atoms with Gasteiger partial charge in [0, 0.05) is 5.39 Å². The highest BCUT2D eigenvalue weighted by atomic mass is 19.2. The minimum absolute atomic E-state index is 0.245. The van der Waals surface area contributed by atoms with Crippen LogP contribution in [0.1, 0.15) is 42.0 Å². The van der Waals surface area contributed by atoms with Gasteiger partial charge in [0.05, 0.1) is 6.61 Å². The minimum Gasteiger partial charge on any atom is -0.494 e. The molecular weight excluding hydrogens is 433 g/mol. The van der Waals surface area contributed by atoms with Crippen LogP contribution in [0, 0.1) is 17.5 Å². The van der Waals surface area contributed by atoms with Crippen molar-refractivity contribution in [2.75, 3.05) is 6.61 Å². The van der Waals surface area contributed by atoms with Gasteiger partial charge in [0.1, 0.15) is 11.6 Å². The standard InChI is InChI=1S/C30H29F3O/c1-2-3-18-34-26-14-7-21(8-15-26)4-5-22-9-16-27-25(19-22)13-12-24(30(27)33)11-6-23-10-17-28(31)29(32)20-23/h7-10,12-17,19-20H,2-6,11,18H2,1H3. The lowest BCUT2D eigenvalue weighted by Crippen LogP contribution is -1.98. The van der Waals surface area contributed by atoms with Crippen molar-refractivity contribution in [3.63, 3.8) is 0 Å². The molecule has 176 valence electrons. The molecule has 0 radical (unpaired) electrons. The van der Waals surface area contributed by atoms with Gasteiger partial charge in [0.25, 0.3) is 0 Å². The molecule has 0 N–H and O–H groups in total. The van der Waals surface area contributed by atoms with E-state index in [4.69, 9.17) is 4.74 Å². The van der Waals surface area contributed by atoms with Crippen LogP contribution in [0.15, 0.2) is 72.8 Å². The highest BCUT2D eigenvalue weighted by Crippen LogP contribution is 2.25. The summed E-state index contributed by atoms with van der Waals surface area (Å²) >= 11 is 0. The number of hydrogen-bond acceptors (Lipinski definition) is 1. The van der Waals surface area contributed by atoms with Crippen molar-refractivity contribution < 1.29 is 17.9 Å². The number of unbranched alkanes of at least 4 members (excludes halogenated alkanes) is 1. The van der Waals surface area contributed by atoms with Gasteiger partial charge in [0.2, 0.25) is 0 Å². The minimum atomic E-state index is -0.875. The van der Waals surface area contributed by atoms with Crippen molar-refractivity contribution in [2.45, 2.75) is 45.4 Å². The zero-order valence-electron chi connectivity index (χ0n) is 19.4. The fraction of sp³-hybridized carbons (Fsp3) is 0.267. The van der Waals surface area contributed by atoms with Crippen molar-refractivity contribution in [2.24, 2.45) is 0 Å². The number of hydrogen-bond donors (Lipinski definition) is 0. The van der Waals surface area contributed by atoms with E-state index in [1.807, 2.05) is 36.4 Å². The third-order valence-corrected chi connectivity index (χ3v) is 6.16. The molecule has 1 nitrogen and oxygen atoms in total. The number of aryl methyl sites for hydroxylation is 4. The van der Waals surface area contributed by atoms with Crippen molar-refractivity contribution in [3.05, 3.63) is 113 Å². The summed E-state index contributed by atoms with van der Waals surface area (Å²) in [7, 11) is 0. The third kappa shape index (κ3) is 5.99. The third-order valence-electron chi connectivity index (χ3n) is 6.16. The first-order chi connectivity index (χ1) is 16.5. The molecule has 4 rings (SSSR count). The second-order valence-corrected chi connectivity index (χ2v) is 8.69. The molecule has 0 saturated heterocycles. The van der Waals surface area contributed by atoms with E-state index in [9.17, 15) is 8.78 Å². The van der Waals surface area contributed by atoms with Crippen LogP contribution >= 0.6 is 0 Å². The van der Waals surface area contributed by atoms with Gasteiger partial charge in [-0.3, -0.25) is 0 Å². The fourth-order valence-electron chi connectivity index (χ4n) is 4.08. The van der Waals surface area contributed by atoms with Gasteiger partial charge in [-0.1, -0.05) is 61.9 Å². The molecule has 4 aromatic carbocycles. The molecule has 4 aromatic rings. The van der Waals surface area contributed by atoms with Crippen LogP contribution in [0.5, 0.6) is 5.75 Å². The molecule has 0 bridgehead atoms. The molecule has 0 aromatic heterocycles.